The second-order valence-corrected chi connectivity index (χ2v) is 11.0. The quantitative estimate of drug-likeness (QED) is 0.294. The summed E-state index contributed by atoms with van der Waals surface area (Å²) in [4.78, 5) is 44.2. The molecule has 2 fully saturated rings. The molecule has 0 aromatic heterocycles. The van der Waals surface area contributed by atoms with Gasteiger partial charge in [-0.1, -0.05) is 25.7 Å². The molecule has 8 heteroatoms. The third kappa shape index (κ3) is 6.61. The first kappa shape index (κ1) is 25.2. The second-order valence-electron chi connectivity index (χ2n) is 9.83. The van der Waals surface area contributed by atoms with E-state index in [4.69, 9.17) is 0 Å². The Morgan fingerprint density at radius 2 is 1.71 bits per heavy atom. The fourth-order valence-corrected chi connectivity index (χ4v) is 6.02. The van der Waals surface area contributed by atoms with Crippen LogP contribution in [0.15, 0.2) is 23.1 Å². The highest BCUT2D eigenvalue weighted by Crippen LogP contribution is 2.31. The number of likely N-dealkylation sites (N-methyl/N-ethyl adjacent to an activating group) is 1. The summed E-state index contributed by atoms with van der Waals surface area (Å²) < 4.78 is 0. The van der Waals surface area contributed by atoms with Crippen molar-refractivity contribution in [2.45, 2.75) is 68.8 Å². The fourth-order valence-electron chi connectivity index (χ4n) is 5.05. The highest BCUT2D eigenvalue weighted by Gasteiger charge is 2.39. The third-order valence-corrected chi connectivity index (χ3v) is 8.31. The lowest BCUT2D eigenvalue weighted by Crippen LogP contribution is -2.52. The van der Waals surface area contributed by atoms with Crippen molar-refractivity contribution >= 4 is 29.5 Å². The zero-order valence-corrected chi connectivity index (χ0v) is 21.2. The van der Waals surface area contributed by atoms with Gasteiger partial charge in [-0.15, -0.1) is 11.8 Å². The first-order chi connectivity index (χ1) is 16.5. The van der Waals surface area contributed by atoms with E-state index in [1.54, 1.807) is 4.90 Å². The number of hydrogen-bond donors (Lipinski definition) is 1. The maximum atomic E-state index is 12.8. The Balaban J connectivity index is 1.10. The average Bonchev–Trinajstić information content (AvgIpc) is 3.14. The normalized spacial score (nSPS) is 21.7. The summed E-state index contributed by atoms with van der Waals surface area (Å²) in [5.41, 5.74) is 1.67. The van der Waals surface area contributed by atoms with Gasteiger partial charge in [0.2, 0.25) is 11.8 Å². The molecule has 0 radical (unpaired) electrons. The van der Waals surface area contributed by atoms with Crippen molar-refractivity contribution in [2.24, 2.45) is 0 Å². The number of hydrogen-bond acceptors (Lipinski definition) is 6. The summed E-state index contributed by atoms with van der Waals surface area (Å²) in [5, 5.41) is 2.36. The Kier molecular flexibility index (Phi) is 9.03. The molecular weight excluding hydrogens is 448 g/mol. The van der Waals surface area contributed by atoms with E-state index in [1.807, 2.05) is 23.9 Å². The van der Waals surface area contributed by atoms with E-state index in [2.05, 4.69) is 28.2 Å². The van der Waals surface area contributed by atoms with E-state index in [-0.39, 0.29) is 24.1 Å². The number of piperidine rings is 1. The first-order valence-electron chi connectivity index (χ1n) is 12.8. The number of piperazine rings is 1. The highest BCUT2D eigenvalue weighted by atomic mass is 32.2. The SMILES string of the molecule is CN1CCN(CCCCCCCCSc2ccc3c(c2)CN(C2CCC(=O)NC2=O)C3=O)CC1. The van der Waals surface area contributed by atoms with Gasteiger partial charge < -0.3 is 14.7 Å². The van der Waals surface area contributed by atoms with Crippen molar-refractivity contribution in [3.63, 3.8) is 0 Å². The molecule has 1 atom stereocenters. The van der Waals surface area contributed by atoms with E-state index in [0.29, 0.717) is 18.5 Å². The predicted octanol–water partition coefficient (Wildman–Crippen LogP) is 3.13. The molecule has 3 aliphatic rings. The van der Waals surface area contributed by atoms with Crippen LogP contribution in [-0.4, -0.2) is 84.0 Å². The van der Waals surface area contributed by atoms with Crippen molar-refractivity contribution < 1.29 is 14.4 Å². The summed E-state index contributed by atoms with van der Waals surface area (Å²) >= 11 is 1.85. The molecule has 3 heterocycles. The van der Waals surface area contributed by atoms with Crippen molar-refractivity contribution in [1.29, 1.82) is 0 Å². The van der Waals surface area contributed by atoms with Crippen LogP contribution in [0.4, 0.5) is 0 Å². The van der Waals surface area contributed by atoms with Gasteiger partial charge in [-0.05, 0) is 62.4 Å². The molecule has 186 valence electrons. The van der Waals surface area contributed by atoms with Crippen LogP contribution in [-0.2, 0) is 16.1 Å². The minimum absolute atomic E-state index is 0.103. The fraction of sp³-hybridized carbons (Fsp3) is 0.654. The molecule has 1 unspecified atom stereocenters. The van der Waals surface area contributed by atoms with Gasteiger partial charge in [0.1, 0.15) is 6.04 Å². The van der Waals surface area contributed by atoms with Gasteiger partial charge in [0.05, 0.1) is 0 Å². The number of amides is 3. The zero-order chi connectivity index (χ0) is 23.9. The van der Waals surface area contributed by atoms with E-state index >= 15 is 0 Å². The number of benzene rings is 1. The number of imide groups is 1. The molecule has 3 amide bonds. The van der Waals surface area contributed by atoms with Crippen LogP contribution in [0.5, 0.6) is 0 Å². The molecule has 34 heavy (non-hydrogen) atoms. The van der Waals surface area contributed by atoms with Gasteiger partial charge in [-0.25, -0.2) is 0 Å². The number of carbonyl (C=O) groups excluding carboxylic acids is 3. The van der Waals surface area contributed by atoms with Crippen LogP contribution in [0.3, 0.4) is 0 Å². The molecule has 7 nitrogen and oxygen atoms in total. The Bertz CT molecular complexity index is 885. The number of fused-ring (bicyclic) bond motifs is 1. The summed E-state index contributed by atoms with van der Waals surface area (Å²) in [6.07, 6.45) is 8.47. The lowest BCUT2D eigenvalue weighted by molar-refractivity contribution is -0.136. The van der Waals surface area contributed by atoms with Crippen molar-refractivity contribution in [3.05, 3.63) is 29.3 Å². The van der Waals surface area contributed by atoms with E-state index in [0.717, 1.165) is 11.3 Å². The molecule has 2 saturated heterocycles. The van der Waals surface area contributed by atoms with Crippen LogP contribution in [0.25, 0.3) is 0 Å². The molecule has 1 aromatic carbocycles. The van der Waals surface area contributed by atoms with Crippen molar-refractivity contribution in [1.82, 2.24) is 20.0 Å². The van der Waals surface area contributed by atoms with Gasteiger partial charge in [-0.3, -0.25) is 19.7 Å². The Labute approximate surface area is 207 Å². The lowest BCUT2D eigenvalue weighted by atomic mass is 10.0. The topological polar surface area (TPSA) is 73.0 Å². The summed E-state index contributed by atoms with van der Waals surface area (Å²) in [6.45, 7) is 6.56. The molecule has 0 spiro atoms. The van der Waals surface area contributed by atoms with Crippen LogP contribution in [0.1, 0.15) is 67.3 Å². The lowest BCUT2D eigenvalue weighted by Gasteiger charge is -2.32. The number of nitrogens with one attached hydrogen (secondary N) is 1. The maximum Gasteiger partial charge on any atom is 0.255 e. The predicted molar refractivity (Wildman–Crippen MR) is 135 cm³/mol. The van der Waals surface area contributed by atoms with Crippen LogP contribution < -0.4 is 5.32 Å². The zero-order valence-electron chi connectivity index (χ0n) is 20.4. The Morgan fingerprint density at radius 1 is 0.971 bits per heavy atom. The van der Waals surface area contributed by atoms with Crippen molar-refractivity contribution in [2.75, 3.05) is 45.5 Å². The molecule has 0 saturated carbocycles. The van der Waals surface area contributed by atoms with E-state index < -0.39 is 6.04 Å². The maximum absolute atomic E-state index is 12.8. The molecule has 3 aliphatic heterocycles. The molecule has 4 rings (SSSR count). The number of thioether (sulfide) groups is 1. The summed E-state index contributed by atoms with van der Waals surface area (Å²) in [5.74, 6) is 0.375. The Hall–Kier alpha value is -1.90. The van der Waals surface area contributed by atoms with Crippen LogP contribution in [0, 0.1) is 0 Å². The van der Waals surface area contributed by atoms with E-state index in [1.165, 1.54) is 76.1 Å². The molecule has 1 N–H and O–H groups in total. The van der Waals surface area contributed by atoms with Gasteiger partial charge in [-0.2, -0.15) is 0 Å². The monoisotopic (exact) mass is 486 g/mol. The first-order valence-corrected chi connectivity index (χ1v) is 13.8. The van der Waals surface area contributed by atoms with Gasteiger partial charge in [0.15, 0.2) is 0 Å². The molecule has 0 aliphatic carbocycles. The van der Waals surface area contributed by atoms with Crippen LogP contribution >= 0.6 is 11.8 Å². The molecule has 1 aromatic rings. The van der Waals surface area contributed by atoms with Gasteiger partial charge in [0, 0.05) is 49.6 Å². The highest BCUT2D eigenvalue weighted by molar-refractivity contribution is 7.99. The number of unbranched alkanes of at least 4 members (excludes halogenated alkanes) is 5. The number of carbonyl (C=O) groups is 3. The second kappa shape index (κ2) is 12.2. The van der Waals surface area contributed by atoms with Crippen molar-refractivity contribution in [3.8, 4) is 0 Å². The summed E-state index contributed by atoms with van der Waals surface area (Å²) in [6, 6.07) is 5.47. The van der Waals surface area contributed by atoms with Gasteiger partial charge >= 0.3 is 0 Å². The van der Waals surface area contributed by atoms with Crippen LogP contribution in [0.2, 0.25) is 0 Å². The van der Waals surface area contributed by atoms with Gasteiger partial charge in [0.25, 0.3) is 5.91 Å². The Morgan fingerprint density at radius 3 is 2.47 bits per heavy atom. The minimum Gasteiger partial charge on any atom is -0.322 e. The van der Waals surface area contributed by atoms with E-state index in [9.17, 15) is 14.4 Å². The minimum atomic E-state index is -0.546. The molecule has 0 bridgehead atoms. The largest absolute Gasteiger partial charge is 0.322 e. The third-order valence-electron chi connectivity index (χ3n) is 7.23. The average molecular weight is 487 g/mol. The number of nitrogens with zero attached hydrogens (tertiary/aromatic N) is 3. The smallest absolute Gasteiger partial charge is 0.255 e. The molecular formula is C26H38N4O3S. The standard InChI is InChI=1S/C26H38N4O3S/c1-28-13-15-29(16-14-28)12-6-4-2-3-5-7-17-34-21-8-9-22-20(18-21)19-30(26(22)33)23-10-11-24(31)27-25(23)32/h8-9,18,23H,2-7,10-17,19H2,1H3,(H,27,31,32). The number of rotatable bonds is 11. The summed E-state index contributed by atoms with van der Waals surface area (Å²) in [7, 11) is 2.21.